The predicted octanol–water partition coefficient (Wildman–Crippen LogP) is 4.07. The van der Waals surface area contributed by atoms with Crippen molar-refractivity contribution in [3.63, 3.8) is 0 Å². The van der Waals surface area contributed by atoms with Crippen LogP contribution in [-0.2, 0) is 10.2 Å². The van der Waals surface area contributed by atoms with E-state index in [9.17, 15) is 4.79 Å². The number of nitrogens with one attached hydrogen (secondary N) is 1. The van der Waals surface area contributed by atoms with Crippen LogP contribution in [0, 0.1) is 0 Å². The fourth-order valence-corrected chi connectivity index (χ4v) is 4.33. The van der Waals surface area contributed by atoms with Gasteiger partial charge in [0.15, 0.2) is 0 Å². The summed E-state index contributed by atoms with van der Waals surface area (Å²) in [7, 11) is 0. The zero-order valence-electron chi connectivity index (χ0n) is 20.5. The van der Waals surface area contributed by atoms with Crippen LogP contribution in [0.3, 0.4) is 0 Å². The molecule has 1 aliphatic rings. The molecule has 1 unspecified atom stereocenters. The number of pyridine rings is 2. The van der Waals surface area contributed by atoms with Crippen LogP contribution in [0.25, 0.3) is 16.8 Å². The summed E-state index contributed by atoms with van der Waals surface area (Å²) >= 11 is 0. The van der Waals surface area contributed by atoms with Crippen molar-refractivity contribution in [2.45, 2.75) is 51.5 Å². The normalized spacial score (nSPS) is 18.8. The lowest BCUT2D eigenvalue weighted by Crippen LogP contribution is -2.51. The fraction of sp³-hybridized carbons (Fsp3) is 0.346. The fourth-order valence-electron chi connectivity index (χ4n) is 4.33. The molecular weight excluding hydrogens is 440 g/mol. The number of carbonyl (C=O) groups is 1. The Balaban J connectivity index is 1.35. The first kappa shape index (κ1) is 22.9. The Hall–Kier alpha value is -3.85. The molecule has 0 saturated carbocycles. The van der Waals surface area contributed by atoms with Gasteiger partial charge in [-0.2, -0.15) is 5.10 Å². The largest absolute Gasteiger partial charge is 0.325 e. The van der Waals surface area contributed by atoms with Gasteiger partial charge in [-0.15, -0.1) is 0 Å². The minimum atomic E-state index is -0.443. The van der Waals surface area contributed by atoms with E-state index in [0.29, 0.717) is 24.7 Å². The molecule has 180 valence electrons. The second kappa shape index (κ2) is 8.42. The highest BCUT2D eigenvalue weighted by molar-refractivity contribution is 5.94. The molecule has 0 aliphatic carbocycles. The SMILES string of the molecule is CC1(N)CCN(c2ccc(Nc3nccc(-c4ccn5ncc(C(C)(C)C)c5c4)n3)nc2)C(=O)C1. The molecular formula is C26H30N8O. The molecule has 9 heteroatoms. The van der Waals surface area contributed by atoms with E-state index >= 15 is 0 Å². The number of amides is 1. The van der Waals surface area contributed by atoms with Crippen molar-refractivity contribution in [2.75, 3.05) is 16.8 Å². The maximum absolute atomic E-state index is 12.5. The molecule has 1 saturated heterocycles. The molecule has 35 heavy (non-hydrogen) atoms. The van der Waals surface area contributed by atoms with Crippen molar-refractivity contribution in [3.05, 3.63) is 60.7 Å². The zero-order valence-corrected chi connectivity index (χ0v) is 20.5. The molecule has 4 aromatic rings. The first-order chi connectivity index (χ1) is 16.6. The van der Waals surface area contributed by atoms with Gasteiger partial charge in [0.25, 0.3) is 0 Å². The maximum Gasteiger partial charge on any atom is 0.228 e. The second-order valence-electron chi connectivity index (χ2n) is 10.5. The first-order valence-electron chi connectivity index (χ1n) is 11.7. The van der Waals surface area contributed by atoms with E-state index in [-0.39, 0.29) is 11.3 Å². The van der Waals surface area contributed by atoms with E-state index < -0.39 is 5.54 Å². The Labute approximate surface area is 204 Å². The molecule has 1 atom stereocenters. The van der Waals surface area contributed by atoms with Crippen LogP contribution in [0.2, 0.25) is 0 Å². The van der Waals surface area contributed by atoms with Crippen LogP contribution in [0.15, 0.2) is 55.1 Å². The number of carbonyl (C=O) groups excluding carboxylic acids is 1. The van der Waals surface area contributed by atoms with E-state index in [1.165, 1.54) is 5.56 Å². The average molecular weight is 471 g/mol. The molecule has 1 amide bonds. The quantitative estimate of drug-likeness (QED) is 0.462. The molecule has 1 fully saturated rings. The monoisotopic (exact) mass is 470 g/mol. The topological polar surface area (TPSA) is 114 Å². The molecule has 0 bridgehead atoms. The molecule has 4 aromatic heterocycles. The standard InChI is InChI=1S/C26H30N8O/c1-25(2,3)19-16-30-34-11-8-17(13-21(19)34)20-7-10-28-24(31-20)32-22-6-5-18(15-29-22)33-12-9-26(4,27)14-23(33)35/h5-8,10-11,13,15-16H,9,12,14,27H2,1-4H3,(H,28,29,31,32). The number of rotatable bonds is 4. The number of fused-ring (bicyclic) bond motifs is 1. The Kier molecular flexibility index (Phi) is 5.52. The molecule has 5 heterocycles. The van der Waals surface area contributed by atoms with Crippen LogP contribution in [0.1, 0.15) is 46.1 Å². The molecule has 9 nitrogen and oxygen atoms in total. The molecule has 3 N–H and O–H groups in total. The summed E-state index contributed by atoms with van der Waals surface area (Å²) in [5, 5.41) is 7.64. The minimum absolute atomic E-state index is 0.0145. The lowest BCUT2D eigenvalue weighted by molar-refractivity contribution is -0.120. The van der Waals surface area contributed by atoms with Gasteiger partial charge in [-0.1, -0.05) is 20.8 Å². The highest BCUT2D eigenvalue weighted by Crippen LogP contribution is 2.29. The highest BCUT2D eigenvalue weighted by Gasteiger charge is 2.32. The van der Waals surface area contributed by atoms with E-state index in [1.54, 1.807) is 17.3 Å². The van der Waals surface area contributed by atoms with Crippen molar-refractivity contribution >= 4 is 28.9 Å². The van der Waals surface area contributed by atoms with Crippen molar-refractivity contribution < 1.29 is 4.79 Å². The predicted molar refractivity (Wildman–Crippen MR) is 137 cm³/mol. The third kappa shape index (κ3) is 4.72. The summed E-state index contributed by atoms with van der Waals surface area (Å²) in [5.41, 5.74) is 10.4. The third-order valence-electron chi connectivity index (χ3n) is 6.34. The smallest absolute Gasteiger partial charge is 0.228 e. The number of nitrogens with two attached hydrogens (primary N) is 1. The molecule has 5 rings (SSSR count). The van der Waals surface area contributed by atoms with E-state index in [4.69, 9.17) is 10.7 Å². The number of piperidine rings is 1. The van der Waals surface area contributed by atoms with Crippen molar-refractivity contribution in [3.8, 4) is 11.3 Å². The maximum atomic E-state index is 12.5. The van der Waals surface area contributed by atoms with Crippen LogP contribution in [0.4, 0.5) is 17.5 Å². The number of hydrogen-bond acceptors (Lipinski definition) is 7. The van der Waals surface area contributed by atoms with E-state index in [0.717, 1.165) is 28.9 Å². The lowest BCUT2D eigenvalue weighted by atomic mass is 9.88. The molecule has 1 aliphatic heterocycles. The van der Waals surface area contributed by atoms with Gasteiger partial charge >= 0.3 is 0 Å². The summed E-state index contributed by atoms with van der Waals surface area (Å²) in [4.78, 5) is 27.7. The number of nitrogens with zero attached hydrogens (tertiary/aromatic N) is 6. The Morgan fingerprint density at radius 1 is 1.11 bits per heavy atom. The Morgan fingerprint density at radius 3 is 2.66 bits per heavy atom. The van der Waals surface area contributed by atoms with Gasteiger partial charge in [0.05, 0.1) is 29.3 Å². The van der Waals surface area contributed by atoms with Crippen LogP contribution >= 0.6 is 0 Å². The van der Waals surface area contributed by atoms with Gasteiger partial charge in [-0.3, -0.25) is 4.79 Å². The summed E-state index contributed by atoms with van der Waals surface area (Å²) in [6, 6.07) is 9.68. The van der Waals surface area contributed by atoms with Crippen LogP contribution in [-0.4, -0.2) is 42.6 Å². The summed E-state index contributed by atoms with van der Waals surface area (Å²) in [6.45, 7) is 9.04. The van der Waals surface area contributed by atoms with Gasteiger partial charge < -0.3 is 16.0 Å². The molecule has 0 spiro atoms. The van der Waals surface area contributed by atoms with Gasteiger partial charge in [0, 0.05) is 42.0 Å². The average Bonchev–Trinajstić information content (AvgIpc) is 3.23. The number of anilines is 3. The van der Waals surface area contributed by atoms with Gasteiger partial charge in [0.1, 0.15) is 5.82 Å². The molecule has 0 radical (unpaired) electrons. The molecule has 0 aromatic carbocycles. The zero-order chi connectivity index (χ0) is 24.8. The van der Waals surface area contributed by atoms with Crippen molar-refractivity contribution in [2.24, 2.45) is 5.73 Å². The van der Waals surface area contributed by atoms with Crippen molar-refractivity contribution in [1.29, 1.82) is 0 Å². The van der Waals surface area contributed by atoms with Crippen molar-refractivity contribution in [1.82, 2.24) is 24.6 Å². The van der Waals surface area contributed by atoms with Crippen LogP contribution in [0.5, 0.6) is 0 Å². The van der Waals surface area contributed by atoms with Gasteiger partial charge in [-0.05, 0) is 49.1 Å². The van der Waals surface area contributed by atoms with E-state index in [2.05, 4.69) is 47.2 Å². The van der Waals surface area contributed by atoms with Crippen LogP contribution < -0.4 is 16.0 Å². The summed E-state index contributed by atoms with van der Waals surface area (Å²) in [5.74, 6) is 1.06. The Bertz CT molecular complexity index is 1380. The van der Waals surface area contributed by atoms with Gasteiger partial charge in [-0.25, -0.2) is 19.5 Å². The lowest BCUT2D eigenvalue weighted by Gasteiger charge is -2.36. The summed E-state index contributed by atoms with van der Waals surface area (Å²) < 4.78 is 1.89. The number of aromatic nitrogens is 5. The van der Waals surface area contributed by atoms with Gasteiger partial charge in [0.2, 0.25) is 11.9 Å². The first-order valence-corrected chi connectivity index (χ1v) is 11.7. The summed E-state index contributed by atoms with van der Waals surface area (Å²) in [6.07, 6.45) is 8.36. The number of hydrogen-bond donors (Lipinski definition) is 2. The second-order valence-corrected chi connectivity index (χ2v) is 10.5. The Morgan fingerprint density at radius 2 is 1.94 bits per heavy atom. The minimum Gasteiger partial charge on any atom is -0.325 e. The van der Waals surface area contributed by atoms with E-state index in [1.807, 2.05) is 48.1 Å². The third-order valence-corrected chi connectivity index (χ3v) is 6.34. The highest BCUT2D eigenvalue weighted by atomic mass is 16.2.